The van der Waals surface area contributed by atoms with Gasteiger partial charge in [0.25, 0.3) is 0 Å². The molecule has 4 heteroatoms. The van der Waals surface area contributed by atoms with Crippen molar-refractivity contribution >= 4 is 5.97 Å². The number of nitrogens with two attached hydrogens (primary N) is 1. The average molecular weight is 223 g/mol. The fraction of sp³-hybridized carbons (Fsp3) is 0.417. The highest BCUT2D eigenvalue weighted by Crippen LogP contribution is 2.29. The molecule has 1 aromatic carbocycles. The second-order valence-electron chi connectivity index (χ2n) is 3.71. The molecule has 0 saturated carbocycles. The Kier molecular flexibility index (Phi) is 3.90. The van der Waals surface area contributed by atoms with Crippen LogP contribution >= 0.6 is 0 Å². The van der Waals surface area contributed by atoms with Crippen LogP contribution in [0.3, 0.4) is 0 Å². The second kappa shape index (κ2) is 4.99. The van der Waals surface area contributed by atoms with Crippen molar-refractivity contribution in [2.45, 2.75) is 19.9 Å². The third kappa shape index (κ3) is 2.33. The lowest BCUT2D eigenvalue weighted by atomic mass is 10.00. The summed E-state index contributed by atoms with van der Waals surface area (Å²) in [4.78, 5) is 11.4. The van der Waals surface area contributed by atoms with Crippen LogP contribution in [0.15, 0.2) is 12.1 Å². The first-order chi connectivity index (χ1) is 7.51. The monoisotopic (exact) mass is 223 g/mol. The van der Waals surface area contributed by atoms with Gasteiger partial charge in [-0.2, -0.15) is 0 Å². The molecule has 1 unspecified atom stereocenters. The van der Waals surface area contributed by atoms with E-state index < -0.39 is 12.0 Å². The van der Waals surface area contributed by atoms with Gasteiger partial charge in [-0.25, -0.2) is 0 Å². The number of aryl methyl sites for hydroxylation is 2. The van der Waals surface area contributed by atoms with Crippen LogP contribution in [0.2, 0.25) is 0 Å². The number of hydrogen-bond acceptors (Lipinski definition) is 4. The summed E-state index contributed by atoms with van der Waals surface area (Å²) >= 11 is 0. The molecule has 2 N–H and O–H groups in total. The fourth-order valence-corrected chi connectivity index (χ4v) is 1.75. The lowest BCUT2D eigenvalue weighted by Gasteiger charge is -2.16. The molecule has 0 aliphatic carbocycles. The Bertz CT molecular complexity index is 401. The summed E-state index contributed by atoms with van der Waals surface area (Å²) in [5.41, 5.74) is 8.46. The summed E-state index contributed by atoms with van der Waals surface area (Å²) < 4.78 is 9.89. The van der Waals surface area contributed by atoms with Gasteiger partial charge in [0.15, 0.2) is 0 Å². The summed E-state index contributed by atoms with van der Waals surface area (Å²) in [6.45, 7) is 3.86. The minimum atomic E-state index is -0.807. The Hall–Kier alpha value is -1.55. The van der Waals surface area contributed by atoms with Crippen molar-refractivity contribution in [1.82, 2.24) is 0 Å². The molecule has 0 aromatic heterocycles. The maximum absolute atomic E-state index is 11.4. The molecular weight excluding hydrogens is 206 g/mol. The zero-order valence-corrected chi connectivity index (χ0v) is 10.0. The van der Waals surface area contributed by atoms with Crippen molar-refractivity contribution < 1.29 is 14.3 Å². The molecule has 4 nitrogen and oxygen atoms in total. The standard InChI is InChI=1S/C12H17NO3/c1-7-5-8(2)11(15-3)9(6-7)10(13)12(14)16-4/h5-6,10H,13H2,1-4H3. The molecule has 0 heterocycles. The van der Waals surface area contributed by atoms with Crippen molar-refractivity contribution in [1.29, 1.82) is 0 Å². The third-order valence-electron chi connectivity index (χ3n) is 2.44. The highest BCUT2D eigenvalue weighted by Gasteiger charge is 2.21. The second-order valence-corrected chi connectivity index (χ2v) is 3.71. The lowest BCUT2D eigenvalue weighted by Crippen LogP contribution is -2.23. The Labute approximate surface area is 95.3 Å². The SMILES string of the molecule is COC(=O)C(N)c1cc(C)cc(C)c1OC. The molecule has 0 spiro atoms. The lowest BCUT2D eigenvalue weighted by molar-refractivity contribution is -0.142. The van der Waals surface area contributed by atoms with Crippen molar-refractivity contribution in [3.05, 3.63) is 28.8 Å². The minimum absolute atomic E-state index is 0.469. The first-order valence-electron chi connectivity index (χ1n) is 4.99. The van der Waals surface area contributed by atoms with Crippen LogP contribution in [0.1, 0.15) is 22.7 Å². The van der Waals surface area contributed by atoms with E-state index in [1.165, 1.54) is 7.11 Å². The maximum Gasteiger partial charge on any atom is 0.327 e. The van der Waals surface area contributed by atoms with E-state index in [2.05, 4.69) is 4.74 Å². The summed E-state index contributed by atoms with van der Waals surface area (Å²) in [6, 6.07) is 3.01. The largest absolute Gasteiger partial charge is 0.496 e. The topological polar surface area (TPSA) is 61.5 Å². The van der Waals surface area contributed by atoms with E-state index >= 15 is 0 Å². The van der Waals surface area contributed by atoms with E-state index in [4.69, 9.17) is 10.5 Å². The van der Waals surface area contributed by atoms with Crippen molar-refractivity contribution in [3.8, 4) is 5.75 Å². The van der Waals surface area contributed by atoms with Gasteiger partial charge >= 0.3 is 5.97 Å². The highest BCUT2D eigenvalue weighted by molar-refractivity contribution is 5.78. The van der Waals surface area contributed by atoms with Gasteiger partial charge in [0.1, 0.15) is 11.8 Å². The molecule has 1 atom stereocenters. The summed E-state index contributed by atoms with van der Waals surface area (Å²) in [7, 11) is 2.88. The van der Waals surface area contributed by atoms with E-state index in [1.54, 1.807) is 7.11 Å². The van der Waals surface area contributed by atoms with Gasteiger partial charge in [-0.05, 0) is 19.4 Å². The number of benzene rings is 1. The predicted octanol–water partition coefficient (Wildman–Crippen LogP) is 1.48. The quantitative estimate of drug-likeness (QED) is 0.788. The van der Waals surface area contributed by atoms with Gasteiger partial charge in [0.2, 0.25) is 0 Å². The molecule has 0 bridgehead atoms. The van der Waals surface area contributed by atoms with Crippen LogP contribution in [0.5, 0.6) is 5.75 Å². The molecule has 16 heavy (non-hydrogen) atoms. The third-order valence-corrected chi connectivity index (χ3v) is 2.44. The number of esters is 1. The Balaban J connectivity index is 3.25. The summed E-state index contributed by atoms with van der Waals surface area (Å²) in [5.74, 6) is 0.173. The number of hydrogen-bond donors (Lipinski definition) is 1. The van der Waals surface area contributed by atoms with E-state index in [9.17, 15) is 4.79 Å². The van der Waals surface area contributed by atoms with Crippen LogP contribution in [0, 0.1) is 13.8 Å². The molecule has 1 rings (SSSR count). The first-order valence-corrected chi connectivity index (χ1v) is 4.99. The van der Waals surface area contributed by atoms with Crippen LogP contribution in [0.4, 0.5) is 0 Å². The van der Waals surface area contributed by atoms with E-state index in [0.717, 1.165) is 11.1 Å². The predicted molar refractivity (Wildman–Crippen MR) is 61.4 cm³/mol. The minimum Gasteiger partial charge on any atom is -0.496 e. The van der Waals surface area contributed by atoms with Crippen LogP contribution in [-0.2, 0) is 9.53 Å². The number of ether oxygens (including phenoxy) is 2. The molecule has 0 amide bonds. The Morgan fingerprint density at radius 3 is 2.44 bits per heavy atom. The van der Waals surface area contributed by atoms with E-state index in [1.807, 2.05) is 26.0 Å². The zero-order valence-electron chi connectivity index (χ0n) is 10.0. The molecule has 0 aliphatic heterocycles. The number of rotatable bonds is 3. The molecule has 0 saturated heterocycles. The van der Waals surface area contributed by atoms with Gasteiger partial charge in [0.05, 0.1) is 14.2 Å². The van der Waals surface area contributed by atoms with E-state index in [0.29, 0.717) is 11.3 Å². The summed E-state index contributed by atoms with van der Waals surface area (Å²) in [5, 5.41) is 0. The number of carbonyl (C=O) groups excluding carboxylic acids is 1. The highest BCUT2D eigenvalue weighted by atomic mass is 16.5. The van der Waals surface area contributed by atoms with Gasteiger partial charge in [0, 0.05) is 5.56 Å². The average Bonchev–Trinajstić information content (AvgIpc) is 2.26. The zero-order chi connectivity index (χ0) is 12.3. The molecule has 1 aromatic rings. The van der Waals surface area contributed by atoms with Crippen LogP contribution in [0.25, 0.3) is 0 Å². The van der Waals surface area contributed by atoms with Gasteiger partial charge in [-0.3, -0.25) is 4.79 Å². The number of carbonyl (C=O) groups is 1. The Morgan fingerprint density at radius 2 is 1.94 bits per heavy atom. The summed E-state index contributed by atoms with van der Waals surface area (Å²) in [6.07, 6.45) is 0. The normalized spacial score (nSPS) is 12.1. The maximum atomic E-state index is 11.4. The van der Waals surface area contributed by atoms with Crippen molar-refractivity contribution in [2.75, 3.05) is 14.2 Å². The smallest absolute Gasteiger partial charge is 0.327 e. The molecule has 0 radical (unpaired) electrons. The van der Waals surface area contributed by atoms with Crippen LogP contribution in [-0.4, -0.2) is 20.2 Å². The molecule has 0 aliphatic rings. The number of methoxy groups -OCH3 is 2. The molecule has 0 fully saturated rings. The molecular formula is C12H17NO3. The van der Waals surface area contributed by atoms with Gasteiger partial charge in [-0.1, -0.05) is 17.7 Å². The van der Waals surface area contributed by atoms with Gasteiger partial charge in [-0.15, -0.1) is 0 Å². The Morgan fingerprint density at radius 1 is 1.31 bits per heavy atom. The fourth-order valence-electron chi connectivity index (χ4n) is 1.75. The van der Waals surface area contributed by atoms with Crippen LogP contribution < -0.4 is 10.5 Å². The van der Waals surface area contributed by atoms with E-state index in [-0.39, 0.29) is 0 Å². The van der Waals surface area contributed by atoms with Crippen molar-refractivity contribution in [3.63, 3.8) is 0 Å². The van der Waals surface area contributed by atoms with Gasteiger partial charge < -0.3 is 15.2 Å². The first kappa shape index (κ1) is 12.5. The van der Waals surface area contributed by atoms with Crippen molar-refractivity contribution in [2.24, 2.45) is 5.73 Å². The molecule has 88 valence electrons.